The Kier molecular flexibility index (Phi) is 2.95. The second-order valence-electron chi connectivity index (χ2n) is 4.01. The number of benzene rings is 1. The van der Waals surface area contributed by atoms with Gasteiger partial charge in [-0.1, -0.05) is 6.07 Å². The van der Waals surface area contributed by atoms with Gasteiger partial charge in [-0.15, -0.1) is 0 Å². The van der Waals surface area contributed by atoms with Gasteiger partial charge in [0.2, 0.25) is 0 Å². The molecule has 0 spiro atoms. The van der Waals surface area contributed by atoms with Gasteiger partial charge in [0, 0.05) is 17.6 Å². The quantitative estimate of drug-likeness (QED) is 0.856. The van der Waals surface area contributed by atoms with Crippen molar-refractivity contribution in [2.24, 2.45) is 0 Å². The van der Waals surface area contributed by atoms with Crippen molar-refractivity contribution >= 4 is 16.6 Å². The Morgan fingerprint density at radius 1 is 1.25 bits per heavy atom. The van der Waals surface area contributed by atoms with E-state index < -0.39 is 0 Å². The lowest BCUT2D eigenvalue weighted by molar-refractivity contribution is 0.419. The van der Waals surface area contributed by atoms with E-state index in [9.17, 15) is 0 Å². The number of methoxy groups -OCH3 is 1. The Balaban J connectivity index is 2.59. The van der Waals surface area contributed by atoms with Gasteiger partial charge in [-0.25, -0.2) is 0 Å². The number of fused-ring (bicyclic) bond motifs is 1. The lowest BCUT2D eigenvalue weighted by Gasteiger charge is -2.13. The van der Waals surface area contributed by atoms with E-state index in [1.807, 2.05) is 24.3 Å². The summed E-state index contributed by atoms with van der Waals surface area (Å²) in [6.07, 6.45) is 1.77. The van der Waals surface area contributed by atoms with Crippen molar-refractivity contribution in [3.8, 4) is 5.75 Å². The highest BCUT2D eigenvalue weighted by Gasteiger charge is 2.06. The van der Waals surface area contributed by atoms with Gasteiger partial charge < -0.3 is 10.1 Å². The smallest absolute Gasteiger partial charge is 0.129 e. The van der Waals surface area contributed by atoms with Gasteiger partial charge in [0.15, 0.2) is 0 Å². The minimum absolute atomic E-state index is 0.388. The summed E-state index contributed by atoms with van der Waals surface area (Å²) in [7, 11) is 1.68. The van der Waals surface area contributed by atoms with Gasteiger partial charge in [0.25, 0.3) is 0 Å². The molecule has 1 aromatic carbocycles. The van der Waals surface area contributed by atoms with E-state index in [4.69, 9.17) is 4.74 Å². The fourth-order valence-electron chi connectivity index (χ4n) is 1.76. The maximum atomic E-state index is 5.32. The highest BCUT2D eigenvalue weighted by Crippen LogP contribution is 2.28. The zero-order valence-electron chi connectivity index (χ0n) is 9.82. The summed E-state index contributed by atoms with van der Waals surface area (Å²) in [5.41, 5.74) is 2.00. The molecule has 0 saturated heterocycles. The number of rotatable bonds is 3. The molecule has 0 amide bonds. The highest BCUT2D eigenvalue weighted by atomic mass is 16.5. The molecule has 1 heterocycles. The fourth-order valence-corrected chi connectivity index (χ4v) is 1.76. The van der Waals surface area contributed by atoms with Crippen molar-refractivity contribution < 1.29 is 4.74 Å². The number of aromatic nitrogens is 1. The van der Waals surface area contributed by atoms with Crippen LogP contribution in [0.25, 0.3) is 10.9 Å². The average Bonchev–Trinajstić information content (AvgIpc) is 2.28. The molecule has 0 unspecified atom stereocenters. The molecule has 0 aliphatic rings. The van der Waals surface area contributed by atoms with E-state index in [0.717, 1.165) is 22.3 Å². The van der Waals surface area contributed by atoms with E-state index in [1.165, 1.54) is 0 Å². The molecule has 1 N–H and O–H groups in total. The zero-order chi connectivity index (χ0) is 11.5. The number of nitrogens with zero attached hydrogens (tertiary/aromatic N) is 1. The molecule has 3 nitrogen and oxygen atoms in total. The monoisotopic (exact) mass is 216 g/mol. The fraction of sp³-hybridized carbons (Fsp3) is 0.308. The van der Waals surface area contributed by atoms with Crippen LogP contribution in [0.4, 0.5) is 5.69 Å². The number of nitrogens with one attached hydrogen (secondary N) is 1. The SMILES string of the molecule is COc1ccnc2c(NC(C)C)cccc12. The molecule has 0 saturated carbocycles. The topological polar surface area (TPSA) is 34.1 Å². The van der Waals surface area contributed by atoms with Gasteiger partial charge in [-0.3, -0.25) is 4.98 Å². The molecule has 0 aliphatic heterocycles. The molecular weight excluding hydrogens is 200 g/mol. The molecule has 1 aromatic heterocycles. The highest BCUT2D eigenvalue weighted by molar-refractivity contribution is 5.94. The summed E-state index contributed by atoms with van der Waals surface area (Å²) in [5, 5.41) is 4.42. The Labute approximate surface area is 95.5 Å². The van der Waals surface area contributed by atoms with E-state index >= 15 is 0 Å². The molecule has 0 radical (unpaired) electrons. The van der Waals surface area contributed by atoms with Crippen LogP contribution in [-0.2, 0) is 0 Å². The van der Waals surface area contributed by atoms with Crippen LogP contribution in [-0.4, -0.2) is 18.1 Å². The molecule has 0 atom stereocenters. The molecule has 0 bridgehead atoms. The van der Waals surface area contributed by atoms with Gasteiger partial charge >= 0.3 is 0 Å². The van der Waals surface area contributed by atoms with Crippen molar-refractivity contribution in [3.05, 3.63) is 30.5 Å². The maximum Gasteiger partial charge on any atom is 0.129 e. The van der Waals surface area contributed by atoms with E-state index in [0.29, 0.717) is 6.04 Å². The third-order valence-electron chi connectivity index (χ3n) is 2.40. The minimum atomic E-state index is 0.388. The Bertz CT molecular complexity index is 494. The van der Waals surface area contributed by atoms with Crippen molar-refractivity contribution in [1.82, 2.24) is 4.98 Å². The van der Waals surface area contributed by atoms with Crippen molar-refractivity contribution in [1.29, 1.82) is 0 Å². The molecule has 2 rings (SSSR count). The lowest BCUT2D eigenvalue weighted by atomic mass is 10.1. The van der Waals surface area contributed by atoms with Crippen LogP contribution in [0.15, 0.2) is 30.5 Å². The first kappa shape index (κ1) is 10.7. The standard InChI is InChI=1S/C13H16N2O/c1-9(2)15-11-6-4-5-10-12(16-3)7-8-14-13(10)11/h4-9,15H,1-3H3. The van der Waals surface area contributed by atoms with Gasteiger partial charge in [0.05, 0.1) is 18.3 Å². The number of hydrogen-bond donors (Lipinski definition) is 1. The molecule has 0 aliphatic carbocycles. The molecular formula is C13H16N2O. The van der Waals surface area contributed by atoms with Crippen LogP contribution in [0.2, 0.25) is 0 Å². The molecule has 16 heavy (non-hydrogen) atoms. The van der Waals surface area contributed by atoms with E-state index in [2.05, 4.69) is 24.1 Å². The summed E-state index contributed by atoms with van der Waals surface area (Å²) < 4.78 is 5.32. The van der Waals surface area contributed by atoms with E-state index in [-0.39, 0.29) is 0 Å². The number of hydrogen-bond acceptors (Lipinski definition) is 3. The maximum absolute atomic E-state index is 5.32. The van der Waals surface area contributed by atoms with Crippen molar-refractivity contribution in [2.75, 3.05) is 12.4 Å². The number of pyridine rings is 1. The zero-order valence-corrected chi connectivity index (χ0v) is 9.82. The normalized spacial score (nSPS) is 10.8. The van der Waals surface area contributed by atoms with Crippen LogP contribution >= 0.6 is 0 Å². The van der Waals surface area contributed by atoms with Crippen LogP contribution in [0.1, 0.15) is 13.8 Å². The van der Waals surface area contributed by atoms with Gasteiger partial charge in [-0.05, 0) is 32.0 Å². The van der Waals surface area contributed by atoms with E-state index in [1.54, 1.807) is 13.3 Å². The molecule has 84 valence electrons. The molecule has 2 aromatic rings. The third kappa shape index (κ3) is 1.94. The molecule has 3 heteroatoms. The largest absolute Gasteiger partial charge is 0.496 e. The Hall–Kier alpha value is -1.77. The van der Waals surface area contributed by atoms with Crippen LogP contribution in [0.5, 0.6) is 5.75 Å². The van der Waals surface area contributed by atoms with Crippen LogP contribution < -0.4 is 10.1 Å². The Morgan fingerprint density at radius 3 is 2.75 bits per heavy atom. The second kappa shape index (κ2) is 4.39. The van der Waals surface area contributed by atoms with Crippen molar-refractivity contribution in [2.45, 2.75) is 19.9 Å². The van der Waals surface area contributed by atoms with Gasteiger partial charge in [-0.2, -0.15) is 0 Å². The summed E-state index contributed by atoms with van der Waals surface area (Å²) >= 11 is 0. The first-order chi connectivity index (χ1) is 7.72. The first-order valence-electron chi connectivity index (χ1n) is 5.40. The second-order valence-corrected chi connectivity index (χ2v) is 4.01. The number of para-hydroxylation sites is 1. The van der Waals surface area contributed by atoms with Crippen LogP contribution in [0.3, 0.4) is 0 Å². The van der Waals surface area contributed by atoms with Crippen molar-refractivity contribution in [3.63, 3.8) is 0 Å². The average molecular weight is 216 g/mol. The lowest BCUT2D eigenvalue weighted by Crippen LogP contribution is -2.10. The van der Waals surface area contributed by atoms with Gasteiger partial charge in [0.1, 0.15) is 5.75 Å². The predicted molar refractivity (Wildman–Crippen MR) is 67.1 cm³/mol. The number of anilines is 1. The summed E-state index contributed by atoms with van der Waals surface area (Å²) in [6.45, 7) is 4.22. The summed E-state index contributed by atoms with van der Waals surface area (Å²) in [6, 6.07) is 8.33. The van der Waals surface area contributed by atoms with Crippen LogP contribution in [0, 0.1) is 0 Å². The summed E-state index contributed by atoms with van der Waals surface area (Å²) in [4.78, 5) is 4.40. The summed E-state index contributed by atoms with van der Waals surface area (Å²) in [5.74, 6) is 0.859. The first-order valence-corrected chi connectivity index (χ1v) is 5.40. The Morgan fingerprint density at radius 2 is 2.06 bits per heavy atom. The minimum Gasteiger partial charge on any atom is -0.496 e. The number of ether oxygens (including phenoxy) is 1. The molecule has 0 fully saturated rings. The third-order valence-corrected chi connectivity index (χ3v) is 2.40. The predicted octanol–water partition coefficient (Wildman–Crippen LogP) is 3.06.